The maximum absolute atomic E-state index is 12.6. The van der Waals surface area contributed by atoms with Gasteiger partial charge in [0.15, 0.2) is 11.5 Å². The number of nitrogens with zero attached hydrogens (tertiary/aromatic N) is 3. The van der Waals surface area contributed by atoms with Crippen molar-refractivity contribution < 1.29 is 4.79 Å². The summed E-state index contributed by atoms with van der Waals surface area (Å²) in [5.74, 6) is 0.672. The van der Waals surface area contributed by atoms with Crippen molar-refractivity contribution in [2.45, 2.75) is 32.2 Å². The Morgan fingerprint density at radius 1 is 1.07 bits per heavy atom. The van der Waals surface area contributed by atoms with Crippen LogP contribution in [0, 0.1) is 6.92 Å². The summed E-state index contributed by atoms with van der Waals surface area (Å²) in [6, 6.07) is 17.4. The molecular weight excluding hydrogens is 396 g/mol. The molecule has 2 aromatic heterocycles. The van der Waals surface area contributed by atoms with Gasteiger partial charge in [-0.25, -0.2) is 0 Å². The monoisotopic (exact) mass is 416 g/mol. The number of hydrogen-bond donors (Lipinski definition) is 1. The number of carbonyl (C=O) groups is 1. The second-order valence-electron chi connectivity index (χ2n) is 8.19. The van der Waals surface area contributed by atoms with Crippen LogP contribution in [-0.4, -0.2) is 26.0 Å². The van der Waals surface area contributed by atoms with Crippen molar-refractivity contribution in [3.05, 3.63) is 76.9 Å². The lowest BCUT2D eigenvalue weighted by atomic mass is 9.98. The first-order valence-electron chi connectivity index (χ1n) is 9.97. The summed E-state index contributed by atoms with van der Waals surface area (Å²) in [5, 5.41) is 12.4. The van der Waals surface area contributed by atoms with E-state index in [2.05, 4.69) is 22.4 Å². The zero-order valence-electron chi connectivity index (χ0n) is 16.8. The fraction of sp³-hybridized carbons (Fsp3) is 0.208. The summed E-state index contributed by atoms with van der Waals surface area (Å²) in [6.45, 7) is 4.12. The quantitative estimate of drug-likeness (QED) is 0.490. The van der Waals surface area contributed by atoms with Crippen molar-refractivity contribution >= 4 is 23.2 Å². The topological polar surface area (TPSA) is 59.3 Å². The third-order valence-corrected chi connectivity index (χ3v) is 6.08. The van der Waals surface area contributed by atoms with Crippen LogP contribution in [0.1, 0.15) is 35.7 Å². The average Bonchev–Trinajstić information content (AvgIpc) is 3.31. The highest BCUT2D eigenvalue weighted by atomic mass is 35.5. The molecule has 6 heteroatoms. The van der Waals surface area contributed by atoms with Gasteiger partial charge in [-0.2, -0.15) is 0 Å². The number of halogens is 1. The molecule has 30 heavy (non-hydrogen) atoms. The van der Waals surface area contributed by atoms with Gasteiger partial charge in [-0.15, -0.1) is 10.2 Å². The van der Waals surface area contributed by atoms with Gasteiger partial charge in [0, 0.05) is 22.9 Å². The molecule has 0 aliphatic heterocycles. The number of aryl methyl sites for hydroxylation is 1. The molecule has 5 rings (SSSR count). The number of hydrogen-bond acceptors (Lipinski definition) is 3. The van der Waals surface area contributed by atoms with E-state index in [0.717, 1.165) is 40.7 Å². The van der Waals surface area contributed by atoms with Crippen LogP contribution in [0.2, 0.25) is 5.02 Å². The molecule has 0 unspecified atom stereocenters. The highest BCUT2D eigenvalue weighted by Gasteiger charge is 2.38. The average molecular weight is 417 g/mol. The summed E-state index contributed by atoms with van der Waals surface area (Å²) in [7, 11) is 0. The lowest BCUT2D eigenvalue weighted by Crippen LogP contribution is -2.34. The van der Waals surface area contributed by atoms with Gasteiger partial charge >= 0.3 is 0 Å². The first-order chi connectivity index (χ1) is 14.4. The minimum atomic E-state index is -0.0440. The molecule has 0 atom stereocenters. The second-order valence-corrected chi connectivity index (χ2v) is 8.60. The number of pyridine rings is 1. The van der Waals surface area contributed by atoms with Gasteiger partial charge in [-0.3, -0.25) is 9.20 Å². The molecule has 4 aromatic rings. The Morgan fingerprint density at radius 3 is 2.63 bits per heavy atom. The van der Waals surface area contributed by atoms with Crippen molar-refractivity contribution in [3.63, 3.8) is 0 Å². The van der Waals surface area contributed by atoms with Gasteiger partial charge in [0.2, 0.25) is 0 Å². The van der Waals surface area contributed by atoms with Crippen molar-refractivity contribution in [2.24, 2.45) is 0 Å². The molecule has 0 bridgehead atoms. The van der Waals surface area contributed by atoms with Gasteiger partial charge in [-0.05, 0) is 79.8 Å². The Balaban J connectivity index is 1.53. The van der Waals surface area contributed by atoms with Gasteiger partial charge in [-0.1, -0.05) is 29.8 Å². The smallest absolute Gasteiger partial charge is 0.251 e. The molecule has 0 radical (unpaired) electrons. The third-order valence-electron chi connectivity index (χ3n) is 5.75. The van der Waals surface area contributed by atoms with Gasteiger partial charge in [0.05, 0.1) is 5.02 Å². The fourth-order valence-corrected chi connectivity index (χ4v) is 3.84. The van der Waals surface area contributed by atoms with Crippen LogP contribution < -0.4 is 5.32 Å². The molecule has 1 N–H and O–H groups in total. The van der Waals surface area contributed by atoms with Crippen LogP contribution >= 0.6 is 11.6 Å². The summed E-state index contributed by atoms with van der Waals surface area (Å²) in [5.41, 5.74) is 5.28. The van der Waals surface area contributed by atoms with Crippen LogP contribution in [0.25, 0.3) is 28.2 Å². The molecule has 150 valence electrons. The predicted octanol–water partition coefficient (Wildman–Crippen LogP) is 5.31. The van der Waals surface area contributed by atoms with E-state index in [1.165, 1.54) is 0 Å². The normalized spacial score (nSPS) is 14.6. The summed E-state index contributed by atoms with van der Waals surface area (Å²) in [6.07, 6.45) is 4.02. The predicted molar refractivity (Wildman–Crippen MR) is 119 cm³/mol. The Morgan fingerprint density at radius 2 is 1.87 bits per heavy atom. The zero-order valence-corrected chi connectivity index (χ0v) is 17.6. The maximum atomic E-state index is 12.6. The molecule has 0 saturated heterocycles. The third kappa shape index (κ3) is 3.35. The van der Waals surface area contributed by atoms with Crippen LogP contribution in [0.15, 0.2) is 60.8 Å². The Bertz CT molecular complexity index is 1290. The number of fused-ring (bicyclic) bond motifs is 1. The Kier molecular flexibility index (Phi) is 4.36. The molecule has 1 aliphatic carbocycles. The number of carbonyl (C=O) groups excluding carboxylic acids is 1. The van der Waals surface area contributed by atoms with Crippen molar-refractivity contribution in [3.8, 4) is 22.5 Å². The molecule has 5 nitrogen and oxygen atoms in total. The highest BCUT2D eigenvalue weighted by Crippen LogP contribution is 2.35. The lowest BCUT2D eigenvalue weighted by molar-refractivity contribution is 0.0935. The minimum absolute atomic E-state index is 0.0270. The largest absolute Gasteiger partial charge is 0.347 e. The summed E-state index contributed by atoms with van der Waals surface area (Å²) in [4.78, 5) is 12.6. The number of rotatable bonds is 4. The summed E-state index contributed by atoms with van der Waals surface area (Å²) < 4.78 is 1.92. The van der Waals surface area contributed by atoms with Crippen LogP contribution in [0.5, 0.6) is 0 Å². The molecule has 2 heterocycles. The van der Waals surface area contributed by atoms with E-state index in [1.807, 2.05) is 72.1 Å². The van der Waals surface area contributed by atoms with Gasteiger partial charge < -0.3 is 5.32 Å². The molecule has 1 amide bonds. The molecular formula is C24H21ClN4O. The molecule has 1 fully saturated rings. The van der Waals surface area contributed by atoms with E-state index >= 15 is 0 Å². The fourth-order valence-electron chi connectivity index (χ4n) is 3.62. The van der Waals surface area contributed by atoms with Crippen LogP contribution in [0.3, 0.4) is 0 Å². The van der Waals surface area contributed by atoms with Crippen LogP contribution in [-0.2, 0) is 0 Å². The first-order valence-corrected chi connectivity index (χ1v) is 10.3. The molecule has 0 spiro atoms. The second kappa shape index (κ2) is 6.96. The number of aromatic nitrogens is 3. The number of benzene rings is 2. The number of nitrogens with one attached hydrogen (secondary N) is 1. The van der Waals surface area contributed by atoms with Crippen molar-refractivity contribution in [2.75, 3.05) is 0 Å². The van der Waals surface area contributed by atoms with E-state index < -0.39 is 0 Å². The minimum Gasteiger partial charge on any atom is -0.347 e. The number of amides is 1. The standard InChI is InChI=1S/C24H21ClN4O/c1-15-7-8-17(23(30)26-24(2)10-11-24)13-19(15)16-9-12-29-21(14-16)27-28-22(29)18-5-3-4-6-20(18)25/h3-9,12-14H,10-11H2,1-2H3,(H,26,30). The highest BCUT2D eigenvalue weighted by molar-refractivity contribution is 6.33. The van der Waals surface area contributed by atoms with E-state index in [9.17, 15) is 4.79 Å². The zero-order chi connectivity index (χ0) is 20.9. The van der Waals surface area contributed by atoms with E-state index in [0.29, 0.717) is 16.4 Å². The SMILES string of the molecule is Cc1ccc(C(=O)NC2(C)CC2)cc1-c1ccn2c(-c3ccccc3Cl)nnc2c1. The van der Waals surface area contributed by atoms with E-state index in [-0.39, 0.29) is 11.4 Å². The van der Waals surface area contributed by atoms with Crippen molar-refractivity contribution in [1.29, 1.82) is 0 Å². The maximum Gasteiger partial charge on any atom is 0.251 e. The van der Waals surface area contributed by atoms with E-state index in [4.69, 9.17) is 11.6 Å². The summed E-state index contributed by atoms with van der Waals surface area (Å²) >= 11 is 6.34. The van der Waals surface area contributed by atoms with E-state index in [1.54, 1.807) is 0 Å². The van der Waals surface area contributed by atoms with Gasteiger partial charge in [0.1, 0.15) is 0 Å². The van der Waals surface area contributed by atoms with Crippen LogP contribution in [0.4, 0.5) is 0 Å². The lowest BCUT2D eigenvalue weighted by Gasteiger charge is -2.13. The Labute approximate surface area is 179 Å². The molecule has 1 saturated carbocycles. The Hall–Kier alpha value is -3.18. The molecule has 1 aliphatic rings. The van der Waals surface area contributed by atoms with Gasteiger partial charge in [0.25, 0.3) is 5.91 Å². The first kappa shape index (κ1) is 18.8. The van der Waals surface area contributed by atoms with Crippen molar-refractivity contribution in [1.82, 2.24) is 19.9 Å². The molecule has 2 aromatic carbocycles.